The molecule has 0 saturated heterocycles. The number of rotatable bonds is 2. The van der Waals surface area contributed by atoms with Gasteiger partial charge in [0.05, 0.1) is 0 Å². The number of halogens is 1. The fourth-order valence-electron chi connectivity index (χ4n) is 1.26. The number of aromatic nitrogens is 1. The Labute approximate surface area is 97.7 Å². The Morgan fingerprint density at radius 2 is 2.27 bits per heavy atom. The highest BCUT2D eigenvalue weighted by Crippen LogP contribution is 2.28. The summed E-state index contributed by atoms with van der Waals surface area (Å²) in [5.74, 6) is 0. The zero-order valence-corrected chi connectivity index (χ0v) is 9.90. The average Bonchev–Trinajstić information content (AvgIpc) is 2.70. The molecule has 2 nitrogen and oxygen atoms in total. The molecule has 1 aromatic carbocycles. The Hall–Kier alpha value is -0.900. The molecule has 0 aliphatic carbocycles. The van der Waals surface area contributed by atoms with E-state index < -0.39 is 0 Å². The molecule has 0 atom stereocenters. The summed E-state index contributed by atoms with van der Waals surface area (Å²) >= 11 is 7.66. The van der Waals surface area contributed by atoms with Crippen LogP contribution in [0.25, 0.3) is 10.6 Å². The van der Waals surface area contributed by atoms with Crippen molar-refractivity contribution in [3.05, 3.63) is 39.9 Å². The summed E-state index contributed by atoms with van der Waals surface area (Å²) < 4.78 is 0. The van der Waals surface area contributed by atoms with E-state index in [2.05, 4.69) is 4.98 Å². The van der Waals surface area contributed by atoms with Crippen molar-refractivity contribution >= 4 is 22.9 Å². The lowest BCUT2D eigenvalue weighted by Crippen LogP contribution is -1.91. The number of hydrogen-bond donors (Lipinski definition) is 1. The summed E-state index contributed by atoms with van der Waals surface area (Å²) in [6.45, 7) is 2.52. The topological polar surface area (TPSA) is 38.9 Å². The van der Waals surface area contributed by atoms with Gasteiger partial charge in [-0.15, -0.1) is 11.3 Å². The van der Waals surface area contributed by atoms with Crippen molar-refractivity contribution in [2.75, 3.05) is 0 Å². The summed E-state index contributed by atoms with van der Waals surface area (Å²) in [4.78, 5) is 5.39. The molecule has 0 spiro atoms. The Balaban J connectivity index is 2.40. The standard InChI is InChI=1S/C11H11ClN2S/c1-7-2-3-8(4-10(7)12)11-14-6-9(5-13)15-11/h2-4,6H,5,13H2,1H3. The first-order valence-corrected chi connectivity index (χ1v) is 5.81. The molecule has 2 rings (SSSR count). The minimum atomic E-state index is 0.539. The summed E-state index contributed by atoms with van der Waals surface area (Å²) in [6.07, 6.45) is 1.81. The Morgan fingerprint density at radius 3 is 2.87 bits per heavy atom. The number of thiazole rings is 1. The molecule has 0 unspecified atom stereocenters. The summed E-state index contributed by atoms with van der Waals surface area (Å²) in [5, 5.41) is 1.74. The molecule has 0 saturated carbocycles. The fourth-order valence-corrected chi connectivity index (χ4v) is 2.23. The van der Waals surface area contributed by atoms with Gasteiger partial charge in [-0.05, 0) is 18.6 Å². The van der Waals surface area contributed by atoms with Gasteiger partial charge < -0.3 is 5.73 Å². The van der Waals surface area contributed by atoms with E-state index in [0.29, 0.717) is 6.54 Å². The Kier molecular flexibility index (Phi) is 3.05. The maximum atomic E-state index is 6.06. The van der Waals surface area contributed by atoms with E-state index in [1.54, 1.807) is 11.3 Å². The van der Waals surface area contributed by atoms with Crippen molar-refractivity contribution in [1.82, 2.24) is 4.98 Å². The van der Waals surface area contributed by atoms with Crippen LogP contribution in [-0.4, -0.2) is 4.98 Å². The minimum absolute atomic E-state index is 0.539. The van der Waals surface area contributed by atoms with Crippen LogP contribution in [0.2, 0.25) is 5.02 Å². The van der Waals surface area contributed by atoms with Gasteiger partial charge >= 0.3 is 0 Å². The van der Waals surface area contributed by atoms with Gasteiger partial charge in [0.1, 0.15) is 5.01 Å². The Bertz CT molecular complexity index is 479. The zero-order chi connectivity index (χ0) is 10.8. The molecule has 0 amide bonds. The zero-order valence-electron chi connectivity index (χ0n) is 8.33. The summed E-state index contributed by atoms with van der Waals surface area (Å²) in [7, 11) is 0. The first kappa shape index (κ1) is 10.6. The van der Waals surface area contributed by atoms with Crippen molar-refractivity contribution < 1.29 is 0 Å². The first-order valence-electron chi connectivity index (χ1n) is 4.62. The number of nitrogens with zero attached hydrogens (tertiary/aromatic N) is 1. The van der Waals surface area contributed by atoms with Crippen LogP contribution in [0.4, 0.5) is 0 Å². The molecule has 0 fully saturated rings. The van der Waals surface area contributed by atoms with Crippen molar-refractivity contribution in [2.45, 2.75) is 13.5 Å². The van der Waals surface area contributed by atoms with Crippen LogP contribution in [-0.2, 0) is 6.54 Å². The second-order valence-electron chi connectivity index (χ2n) is 3.30. The monoisotopic (exact) mass is 238 g/mol. The van der Waals surface area contributed by atoms with E-state index in [9.17, 15) is 0 Å². The SMILES string of the molecule is Cc1ccc(-c2ncc(CN)s2)cc1Cl. The van der Waals surface area contributed by atoms with Gasteiger partial charge in [0.2, 0.25) is 0 Å². The molecule has 2 aromatic rings. The maximum absolute atomic E-state index is 6.06. The normalized spacial score (nSPS) is 10.6. The van der Waals surface area contributed by atoms with Gasteiger partial charge in [0, 0.05) is 28.2 Å². The quantitative estimate of drug-likeness (QED) is 0.873. The molecule has 15 heavy (non-hydrogen) atoms. The van der Waals surface area contributed by atoms with Crippen LogP contribution in [0.1, 0.15) is 10.4 Å². The van der Waals surface area contributed by atoms with Crippen LogP contribution in [0, 0.1) is 6.92 Å². The maximum Gasteiger partial charge on any atom is 0.123 e. The number of nitrogens with two attached hydrogens (primary N) is 1. The minimum Gasteiger partial charge on any atom is -0.326 e. The largest absolute Gasteiger partial charge is 0.326 e. The lowest BCUT2D eigenvalue weighted by Gasteiger charge is -2.00. The van der Waals surface area contributed by atoms with Gasteiger partial charge in [-0.1, -0.05) is 23.7 Å². The Morgan fingerprint density at radius 1 is 1.47 bits per heavy atom. The third-order valence-corrected chi connectivity index (χ3v) is 3.65. The van der Waals surface area contributed by atoms with Gasteiger partial charge in [0.15, 0.2) is 0 Å². The summed E-state index contributed by atoms with van der Waals surface area (Å²) in [6, 6.07) is 5.97. The molecule has 0 aliphatic heterocycles. The molecule has 0 aliphatic rings. The van der Waals surface area contributed by atoms with E-state index in [-0.39, 0.29) is 0 Å². The van der Waals surface area contributed by atoms with Gasteiger partial charge in [-0.2, -0.15) is 0 Å². The lowest BCUT2D eigenvalue weighted by molar-refractivity contribution is 1.10. The fraction of sp³-hybridized carbons (Fsp3) is 0.182. The second-order valence-corrected chi connectivity index (χ2v) is 4.82. The van der Waals surface area contributed by atoms with Crippen LogP contribution in [0.15, 0.2) is 24.4 Å². The van der Waals surface area contributed by atoms with Gasteiger partial charge in [-0.25, -0.2) is 4.98 Å². The van der Waals surface area contributed by atoms with E-state index in [4.69, 9.17) is 17.3 Å². The molecule has 0 bridgehead atoms. The first-order chi connectivity index (χ1) is 7.20. The highest BCUT2D eigenvalue weighted by molar-refractivity contribution is 7.15. The molecule has 2 N–H and O–H groups in total. The summed E-state index contributed by atoms with van der Waals surface area (Å²) in [5.41, 5.74) is 7.67. The van der Waals surface area contributed by atoms with Gasteiger partial charge in [0.25, 0.3) is 0 Å². The van der Waals surface area contributed by atoms with Gasteiger partial charge in [-0.3, -0.25) is 0 Å². The molecule has 78 valence electrons. The van der Waals surface area contributed by atoms with Crippen molar-refractivity contribution in [2.24, 2.45) is 5.73 Å². The van der Waals surface area contributed by atoms with E-state index in [1.807, 2.05) is 31.3 Å². The number of benzene rings is 1. The van der Waals surface area contributed by atoms with Crippen LogP contribution < -0.4 is 5.73 Å². The smallest absolute Gasteiger partial charge is 0.123 e. The van der Waals surface area contributed by atoms with E-state index in [1.165, 1.54) is 0 Å². The average molecular weight is 239 g/mol. The molecule has 4 heteroatoms. The molecular formula is C11H11ClN2S. The van der Waals surface area contributed by atoms with Crippen molar-refractivity contribution in [3.63, 3.8) is 0 Å². The van der Waals surface area contributed by atoms with Crippen LogP contribution in [0.3, 0.4) is 0 Å². The van der Waals surface area contributed by atoms with Crippen molar-refractivity contribution in [1.29, 1.82) is 0 Å². The molecular weight excluding hydrogens is 228 g/mol. The third-order valence-electron chi connectivity index (χ3n) is 2.17. The predicted octanol–water partition coefficient (Wildman–Crippen LogP) is 3.23. The highest BCUT2D eigenvalue weighted by atomic mass is 35.5. The highest BCUT2D eigenvalue weighted by Gasteiger charge is 2.05. The third kappa shape index (κ3) is 2.20. The number of hydrogen-bond acceptors (Lipinski definition) is 3. The van der Waals surface area contributed by atoms with E-state index >= 15 is 0 Å². The number of aryl methyl sites for hydroxylation is 1. The lowest BCUT2D eigenvalue weighted by atomic mass is 10.1. The van der Waals surface area contributed by atoms with Crippen molar-refractivity contribution in [3.8, 4) is 10.6 Å². The molecule has 0 radical (unpaired) electrons. The van der Waals surface area contributed by atoms with E-state index in [0.717, 1.165) is 26.0 Å². The van der Waals surface area contributed by atoms with Crippen LogP contribution >= 0.6 is 22.9 Å². The molecule has 1 heterocycles. The van der Waals surface area contributed by atoms with Crippen LogP contribution in [0.5, 0.6) is 0 Å². The predicted molar refractivity (Wildman–Crippen MR) is 65.2 cm³/mol. The second kappa shape index (κ2) is 4.31. The molecule has 1 aromatic heterocycles.